The van der Waals surface area contributed by atoms with Crippen molar-refractivity contribution in [2.24, 2.45) is 0 Å². The predicted octanol–water partition coefficient (Wildman–Crippen LogP) is 2.29. The van der Waals surface area contributed by atoms with Gasteiger partial charge >= 0.3 is 0 Å². The predicted molar refractivity (Wildman–Crippen MR) is 81.1 cm³/mol. The summed E-state index contributed by atoms with van der Waals surface area (Å²) in [4.78, 5) is 0. The molecular formula is C18H19FO3. The number of hydrogen-bond acceptors (Lipinski definition) is 3. The molecule has 22 heavy (non-hydrogen) atoms. The van der Waals surface area contributed by atoms with E-state index in [1.165, 1.54) is 12.1 Å². The van der Waals surface area contributed by atoms with E-state index in [1.807, 2.05) is 24.3 Å². The fourth-order valence-corrected chi connectivity index (χ4v) is 3.27. The number of rotatable bonds is 3. The van der Waals surface area contributed by atoms with Crippen LogP contribution in [0.3, 0.4) is 0 Å². The van der Waals surface area contributed by atoms with Crippen LogP contribution in [0.15, 0.2) is 42.5 Å². The van der Waals surface area contributed by atoms with Gasteiger partial charge in [0.15, 0.2) is 0 Å². The van der Waals surface area contributed by atoms with E-state index in [0.717, 1.165) is 16.7 Å². The molecule has 0 aliphatic heterocycles. The van der Waals surface area contributed by atoms with Crippen LogP contribution in [0.25, 0.3) is 0 Å². The van der Waals surface area contributed by atoms with Crippen molar-refractivity contribution in [3.8, 4) is 0 Å². The summed E-state index contributed by atoms with van der Waals surface area (Å²) in [5.41, 5.74) is 3.45. The minimum atomic E-state index is -0.914. The van der Waals surface area contributed by atoms with Crippen LogP contribution in [0.2, 0.25) is 0 Å². The second-order valence-corrected chi connectivity index (χ2v) is 5.84. The summed E-state index contributed by atoms with van der Waals surface area (Å²) >= 11 is 0. The van der Waals surface area contributed by atoms with Gasteiger partial charge in [-0.1, -0.05) is 30.3 Å². The summed E-state index contributed by atoms with van der Waals surface area (Å²) in [5.74, 6) is -0.758. The first-order valence-corrected chi connectivity index (χ1v) is 7.43. The van der Waals surface area contributed by atoms with Gasteiger partial charge in [-0.05, 0) is 47.2 Å². The summed E-state index contributed by atoms with van der Waals surface area (Å²) in [7, 11) is 0. The Labute approximate surface area is 128 Å². The highest BCUT2D eigenvalue weighted by molar-refractivity contribution is 5.44. The summed E-state index contributed by atoms with van der Waals surface area (Å²) in [6.45, 7) is -0.360. The third kappa shape index (κ3) is 2.77. The van der Waals surface area contributed by atoms with E-state index in [4.69, 9.17) is 5.11 Å². The van der Waals surface area contributed by atoms with Gasteiger partial charge < -0.3 is 15.3 Å². The van der Waals surface area contributed by atoms with Crippen LogP contribution in [-0.4, -0.2) is 28.0 Å². The maximum absolute atomic E-state index is 13.6. The lowest BCUT2D eigenvalue weighted by atomic mass is 9.85. The Kier molecular flexibility index (Phi) is 4.25. The van der Waals surface area contributed by atoms with Crippen molar-refractivity contribution in [2.45, 2.75) is 31.0 Å². The van der Waals surface area contributed by atoms with Crippen LogP contribution in [0.1, 0.15) is 40.7 Å². The number of aliphatic hydroxyl groups is 3. The standard InChI is InChI=1S/C18H19FO3/c19-13-6-5-12-7-11-3-1-2-4-15(11)17(9-14(21)10-20)18(22)16(12)8-13/h1-6,8,14,17-18,20-22H,7,9-10H2/t14-,17+,18+/m0/s1. The Bertz CT molecular complexity index is 671. The molecule has 0 fully saturated rings. The van der Waals surface area contributed by atoms with Crippen LogP contribution in [0.4, 0.5) is 4.39 Å². The van der Waals surface area contributed by atoms with Crippen molar-refractivity contribution in [3.05, 3.63) is 70.5 Å². The lowest BCUT2D eigenvalue weighted by Gasteiger charge is -2.25. The van der Waals surface area contributed by atoms with E-state index in [1.54, 1.807) is 6.07 Å². The van der Waals surface area contributed by atoms with E-state index in [9.17, 15) is 14.6 Å². The Morgan fingerprint density at radius 3 is 2.59 bits per heavy atom. The number of aliphatic hydroxyl groups excluding tert-OH is 3. The molecule has 1 aliphatic carbocycles. The average molecular weight is 302 g/mol. The monoisotopic (exact) mass is 302 g/mol. The molecule has 0 spiro atoms. The highest BCUT2D eigenvalue weighted by atomic mass is 19.1. The van der Waals surface area contributed by atoms with Gasteiger partial charge in [0.25, 0.3) is 0 Å². The van der Waals surface area contributed by atoms with Crippen molar-refractivity contribution in [2.75, 3.05) is 6.61 Å². The topological polar surface area (TPSA) is 60.7 Å². The first-order valence-electron chi connectivity index (χ1n) is 7.43. The van der Waals surface area contributed by atoms with Crippen molar-refractivity contribution < 1.29 is 19.7 Å². The Hall–Kier alpha value is -1.75. The van der Waals surface area contributed by atoms with Gasteiger partial charge in [-0.25, -0.2) is 4.39 Å². The smallest absolute Gasteiger partial charge is 0.123 e. The third-order valence-electron chi connectivity index (χ3n) is 4.38. The van der Waals surface area contributed by atoms with Gasteiger partial charge in [0.05, 0.1) is 18.8 Å². The normalized spacial score (nSPS) is 21.6. The zero-order valence-corrected chi connectivity index (χ0v) is 12.1. The number of fused-ring (bicyclic) bond motifs is 2. The summed E-state index contributed by atoms with van der Waals surface area (Å²) < 4.78 is 13.6. The summed E-state index contributed by atoms with van der Waals surface area (Å²) in [5, 5.41) is 29.7. The maximum atomic E-state index is 13.6. The van der Waals surface area contributed by atoms with E-state index >= 15 is 0 Å². The van der Waals surface area contributed by atoms with Crippen molar-refractivity contribution in [1.82, 2.24) is 0 Å². The maximum Gasteiger partial charge on any atom is 0.123 e. The van der Waals surface area contributed by atoms with Crippen LogP contribution >= 0.6 is 0 Å². The number of hydrogen-bond donors (Lipinski definition) is 3. The fourth-order valence-electron chi connectivity index (χ4n) is 3.27. The molecule has 0 amide bonds. The lowest BCUT2D eigenvalue weighted by Crippen LogP contribution is -2.21. The molecule has 3 nitrogen and oxygen atoms in total. The van der Waals surface area contributed by atoms with E-state index in [0.29, 0.717) is 12.0 Å². The van der Waals surface area contributed by atoms with Crippen molar-refractivity contribution in [3.63, 3.8) is 0 Å². The molecule has 3 rings (SSSR count). The van der Waals surface area contributed by atoms with Gasteiger partial charge in [-0.15, -0.1) is 0 Å². The SMILES string of the molecule is OC[C@@H](O)C[C@@H]1c2ccccc2Cc2ccc(F)cc2[C@H]1O. The lowest BCUT2D eigenvalue weighted by molar-refractivity contribution is 0.0560. The first-order chi connectivity index (χ1) is 10.6. The molecule has 0 heterocycles. The molecule has 0 bridgehead atoms. The van der Waals surface area contributed by atoms with Gasteiger partial charge in [-0.2, -0.15) is 0 Å². The second kappa shape index (κ2) is 6.16. The van der Waals surface area contributed by atoms with Crippen LogP contribution < -0.4 is 0 Å². The van der Waals surface area contributed by atoms with Crippen molar-refractivity contribution >= 4 is 0 Å². The molecule has 4 heteroatoms. The summed E-state index contributed by atoms with van der Waals surface area (Å²) in [6, 6.07) is 12.2. The van der Waals surface area contributed by atoms with Crippen LogP contribution in [0.5, 0.6) is 0 Å². The van der Waals surface area contributed by atoms with E-state index < -0.39 is 12.2 Å². The first kappa shape index (κ1) is 15.2. The molecule has 0 aromatic heterocycles. The average Bonchev–Trinajstić information content (AvgIpc) is 2.64. The minimum absolute atomic E-state index is 0.227. The van der Waals surface area contributed by atoms with Gasteiger partial charge in [0.1, 0.15) is 5.82 Å². The minimum Gasteiger partial charge on any atom is -0.394 e. The molecule has 0 saturated carbocycles. The zero-order valence-electron chi connectivity index (χ0n) is 12.1. The largest absolute Gasteiger partial charge is 0.394 e. The molecule has 2 aromatic carbocycles. The Morgan fingerprint density at radius 2 is 1.82 bits per heavy atom. The summed E-state index contributed by atoms with van der Waals surface area (Å²) in [6.07, 6.45) is -0.975. The van der Waals surface area contributed by atoms with Crippen LogP contribution in [0, 0.1) is 5.82 Å². The molecule has 3 N–H and O–H groups in total. The van der Waals surface area contributed by atoms with Gasteiger partial charge in [0, 0.05) is 5.92 Å². The molecular weight excluding hydrogens is 283 g/mol. The Balaban J connectivity index is 2.11. The number of halogens is 1. The number of benzene rings is 2. The van der Waals surface area contributed by atoms with Gasteiger partial charge in [-0.3, -0.25) is 0 Å². The molecule has 2 aromatic rings. The van der Waals surface area contributed by atoms with Crippen molar-refractivity contribution in [1.29, 1.82) is 0 Å². The molecule has 3 atom stereocenters. The van der Waals surface area contributed by atoms with E-state index in [-0.39, 0.29) is 24.8 Å². The third-order valence-corrected chi connectivity index (χ3v) is 4.38. The molecule has 0 radical (unpaired) electrons. The molecule has 0 saturated heterocycles. The van der Waals surface area contributed by atoms with Gasteiger partial charge in [0.2, 0.25) is 0 Å². The molecule has 116 valence electrons. The zero-order chi connectivity index (χ0) is 15.7. The molecule has 0 unspecified atom stereocenters. The second-order valence-electron chi connectivity index (χ2n) is 5.84. The Morgan fingerprint density at radius 1 is 1.09 bits per heavy atom. The highest BCUT2D eigenvalue weighted by Gasteiger charge is 2.31. The quantitative estimate of drug-likeness (QED) is 0.815. The highest BCUT2D eigenvalue weighted by Crippen LogP contribution is 2.41. The fraction of sp³-hybridized carbons (Fsp3) is 0.333. The van der Waals surface area contributed by atoms with E-state index in [2.05, 4.69) is 0 Å². The van der Waals surface area contributed by atoms with Crippen LogP contribution in [-0.2, 0) is 6.42 Å². The molecule has 1 aliphatic rings.